The van der Waals surface area contributed by atoms with Crippen molar-refractivity contribution in [1.82, 2.24) is 4.90 Å². The van der Waals surface area contributed by atoms with E-state index in [0.29, 0.717) is 0 Å². The van der Waals surface area contributed by atoms with Crippen LogP contribution in [0.25, 0.3) is 0 Å². The minimum Gasteiger partial charge on any atom is -0.491 e. The van der Waals surface area contributed by atoms with Gasteiger partial charge in [-0.3, -0.25) is 4.90 Å². The molecule has 1 aliphatic rings. The van der Waals surface area contributed by atoms with E-state index in [4.69, 9.17) is 15.2 Å². The second-order valence-corrected chi connectivity index (χ2v) is 4.92. The summed E-state index contributed by atoms with van der Waals surface area (Å²) in [5.41, 5.74) is 7.81. The van der Waals surface area contributed by atoms with E-state index in [2.05, 4.69) is 4.90 Å². The van der Waals surface area contributed by atoms with Crippen molar-refractivity contribution in [3.05, 3.63) is 23.8 Å². The topological polar surface area (TPSA) is 47.7 Å². The number of anilines is 1. The fraction of sp³-hybridized carbons (Fsp3) is 0.571. The van der Waals surface area contributed by atoms with Crippen LogP contribution in [0.5, 0.6) is 5.75 Å². The minimum absolute atomic E-state index is 0.178. The molecule has 1 fully saturated rings. The van der Waals surface area contributed by atoms with Crippen LogP contribution in [0.3, 0.4) is 0 Å². The number of rotatable bonds is 4. The lowest BCUT2D eigenvalue weighted by molar-refractivity contribution is 0.0337. The summed E-state index contributed by atoms with van der Waals surface area (Å²) < 4.78 is 11.2. The van der Waals surface area contributed by atoms with Crippen LogP contribution in [0.15, 0.2) is 18.2 Å². The van der Waals surface area contributed by atoms with Crippen LogP contribution in [0.4, 0.5) is 5.69 Å². The Kier molecular flexibility index (Phi) is 4.44. The van der Waals surface area contributed by atoms with Gasteiger partial charge in [-0.25, -0.2) is 0 Å². The summed E-state index contributed by atoms with van der Waals surface area (Å²) in [7, 11) is 0. The molecule has 1 aliphatic heterocycles. The van der Waals surface area contributed by atoms with E-state index in [1.807, 2.05) is 32.0 Å². The van der Waals surface area contributed by atoms with Gasteiger partial charge in [-0.15, -0.1) is 0 Å². The fourth-order valence-electron chi connectivity index (χ4n) is 2.09. The molecule has 4 heteroatoms. The van der Waals surface area contributed by atoms with Crippen molar-refractivity contribution in [2.24, 2.45) is 0 Å². The molecule has 4 nitrogen and oxygen atoms in total. The molecule has 0 aromatic heterocycles. The van der Waals surface area contributed by atoms with E-state index in [0.717, 1.165) is 49.8 Å². The van der Waals surface area contributed by atoms with Crippen molar-refractivity contribution < 1.29 is 9.47 Å². The van der Waals surface area contributed by atoms with Gasteiger partial charge in [0.15, 0.2) is 0 Å². The first-order chi connectivity index (χ1) is 8.65. The molecule has 0 bridgehead atoms. The molecule has 100 valence electrons. The van der Waals surface area contributed by atoms with Gasteiger partial charge in [0, 0.05) is 30.9 Å². The van der Waals surface area contributed by atoms with Gasteiger partial charge in [0.2, 0.25) is 0 Å². The first-order valence-corrected chi connectivity index (χ1v) is 6.50. The predicted octanol–water partition coefficient (Wildman–Crippen LogP) is 1.89. The van der Waals surface area contributed by atoms with Crippen molar-refractivity contribution in [3.8, 4) is 5.75 Å². The second-order valence-electron chi connectivity index (χ2n) is 4.92. The Morgan fingerprint density at radius 3 is 2.72 bits per heavy atom. The van der Waals surface area contributed by atoms with Crippen LogP contribution >= 0.6 is 0 Å². The number of nitrogen functional groups attached to an aromatic ring is 1. The SMILES string of the molecule is CC(C)Oc1ccc(N)cc1CN1CCOCC1. The highest BCUT2D eigenvalue weighted by Gasteiger charge is 2.14. The maximum absolute atomic E-state index is 5.86. The van der Waals surface area contributed by atoms with E-state index < -0.39 is 0 Å². The molecular formula is C14H22N2O2. The zero-order valence-corrected chi connectivity index (χ0v) is 11.2. The van der Waals surface area contributed by atoms with Gasteiger partial charge in [0.05, 0.1) is 19.3 Å². The third-order valence-electron chi connectivity index (χ3n) is 2.94. The number of nitrogens with two attached hydrogens (primary N) is 1. The van der Waals surface area contributed by atoms with Crippen LogP contribution < -0.4 is 10.5 Å². The van der Waals surface area contributed by atoms with Crippen molar-refractivity contribution in [2.45, 2.75) is 26.5 Å². The Labute approximate surface area is 109 Å². The number of hydrogen-bond acceptors (Lipinski definition) is 4. The Morgan fingerprint density at radius 2 is 2.06 bits per heavy atom. The molecule has 0 atom stereocenters. The van der Waals surface area contributed by atoms with Crippen molar-refractivity contribution >= 4 is 5.69 Å². The largest absolute Gasteiger partial charge is 0.491 e. The molecule has 1 saturated heterocycles. The van der Waals surface area contributed by atoms with Gasteiger partial charge in [-0.05, 0) is 32.0 Å². The van der Waals surface area contributed by atoms with Crippen LogP contribution in [0.1, 0.15) is 19.4 Å². The molecule has 18 heavy (non-hydrogen) atoms. The lowest BCUT2D eigenvalue weighted by Gasteiger charge is -2.27. The molecule has 0 spiro atoms. The molecule has 2 N–H and O–H groups in total. The highest BCUT2D eigenvalue weighted by molar-refractivity contribution is 5.48. The first-order valence-electron chi connectivity index (χ1n) is 6.50. The molecule has 0 unspecified atom stereocenters. The first kappa shape index (κ1) is 13.2. The Bertz CT molecular complexity index is 387. The summed E-state index contributed by atoms with van der Waals surface area (Å²) in [5, 5.41) is 0. The van der Waals surface area contributed by atoms with E-state index in [1.54, 1.807) is 0 Å². The fourth-order valence-corrected chi connectivity index (χ4v) is 2.09. The standard InChI is InChI=1S/C14H22N2O2/c1-11(2)18-14-4-3-13(15)9-12(14)10-16-5-7-17-8-6-16/h3-4,9,11H,5-8,10,15H2,1-2H3. The maximum atomic E-state index is 5.86. The lowest BCUT2D eigenvalue weighted by atomic mass is 10.1. The van der Waals surface area contributed by atoms with Gasteiger partial charge in [-0.1, -0.05) is 0 Å². The van der Waals surface area contributed by atoms with Crippen molar-refractivity contribution in [2.75, 3.05) is 32.0 Å². The van der Waals surface area contributed by atoms with E-state index in [9.17, 15) is 0 Å². The number of nitrogens with zero attached hydrogens (tertiary/aromatic N) is 1. The zero-order chi connectivity index (χ0) is 13.0. The smallest absolute Gasteiger partial charge is 0.124 e. The summed E-state index contributed by atoms with van der Waals surface area (Å²) in [4.78, 5) is 2.37. The van der Waals surface area contributed by atoms with E-state index in [-0.39, 0.29) is 6.10 Å². The lowest BCUT2D eigenvalue weighted by Crippen LogP contribution is -2.35. The molecule has 1 heterocycles. The molecule has 0 radical (unpaired) electrons. The van der Waals surface area contributed by atoms with Crippen LogP contribution in [0.2, 0.25) is 0 Å². The minimum atomic E-state index is 0.178. The van der Waals surface area contributed by atoms with Crippen molar-refractivity contribution in [3.63, 3.8) is 0 Å². The Morgan fingerprint density at radius 1 is 1.33 bits per heavy atom. The van der Waals surface area contributed by atoms with Gasteiger partial charge < -0.3 is 15.2 Å². The van der Waals surface area contributed by atoms with Gasteiger partial charge in [-0.2, -0.15) is 0 Å². The number of benzene rings is 1. The maximum Gasteiger partial charge on any atom is 0.124 e. The highest BCUT2D eigenvalue weighted by atomic mass is 16.5. The molecule has 0 amide bonds. The molecule has 1 aromatic rings. The molecule has 0 aliphatic carbocycles. The van der Waals surface area contributed by atoms with Gasteiger partial charge in [0.1, 0.15) is 5.75 Å². The molecular weight excluding hydrogens is 228 g/mol. The third-order valence-corrected chi connectivity index (χ3v) is 2.94. The third kappa shape index (κ3) is 3.62. The molecule has 2 rings (SSSR count). The second kappa shape index (κ2) is 6.07. The van der Waals surface area contributed by atoms with Crippen LogP contribution in [-0.4, -0.2) is 37.3 Å². The van der Waals surface area contributed by atoms with Crippen molar-refractivity contribution in [1.29, 1.82) is 0 Å². The Hall–Kier alpha value is -1.26. The summed E-state index contributed by atoms with van der Waals surface area (Å²) in [6.07, 6.45) is 0.178. The summed E-state index contributed by atoms with van der Waals surface area (Å²) in [5.74, 6) is 0.936. The quantitative estimate of drug-likeness (QED) is 0.829. The van der Waals surface area contributed by atoms with E-state index >= 15 is 0 Å². The van der Waals surface area contributed by atoms with Gasteiger partial charge in [0.25, 0.3) is 0 Å². The summed E-state index contributed by atoms with van der Waals surface area (Å²) in [6, 6.07) is 5.86. The molecule has 0 saturated carbocycles. The Balaban J connectivity index is 2.10. The summed E-state index contributed by atoms with van der Waals surface area (Å²) >= 11 is 0. The van der Waals surface area contributed by atoms with E-state index in [1.165, 1.54) is 0 Å². The number of ether oxygens (including phenoxy) is 2. The highest BCUT2D eigenvalue weighted by Crippen LogP contribution is 2.24. The summed E-state index contributed by atoms with van der Waals surface area (Å²) in [6.45, 7) is 8.50. The normalized spacial score (nSPS) is 17.1. The average molecular weight is 250 g/mol. The number of hydrogen-bond donors (Lipinski definition) is 1. The van der Waals surface area contributed by atoms with Gasteiger partial charge >= 0.3 is 0 Å². The predicted molar refractivity (Wildman–Crippen MR) is 72.7 cm³/mol. The zero-order valence-electron chi connectivity index (χ0n) is 11.2. The monoisotopic (exact) mass is 250 g/mol. The average Bonchev–Trinajstić information content (AvgIpc) is 2.33. The molecule has 1 aromatic carbocycles. The van der Waals surface area contributed by atoms with Crippen LogP contribution in [-0.2, 0) is 11.3 Å². The number of morpholine rings is 1. The van der Waals surface area contributed by atoms with Crippen LogP contribution in [0, 0.1) is 0 Å².